The molecule has 2 aromatic carbocycles. The van der Waals surface area contributed by atoms with Gasteiger partial charge in [0.25, 0.3) is 5.91 Å². The second-order valence-corrected chi connectivity index (χ2v) is 5.62. The number of carbonyl (C=O) groups excluding carboxylic acids is 1. The monoisotopic (exact) mass is 394 g/mol. The molecule has 0 aliphatic rings. The zero-order valence-corrected chi connectivity index (χ0v) is 13.9. The van der Waals surface area contributed by atoms with Crippen molar-refractivity contribution in [2.24, 2.45) is 5.10 Å². The van der Waals surface area contributed by atoms with Crippen LogP contribution >= 0.6 is 22.6 Å². The maximum atomic E-state index is 12.0. The Hall–Kier alpha value is -1.89. The Kier molecular flexibility index (Phi) is 5.32. The summed E-state index contributed by atoms with van der Waals surface area (Å²) in [5.74, 6) is 0.495. The molecule has 21 heavy (non-hydrogen) atoms. The van der Waals surface area contributed by atoms with Gasteiger partial charge in [-0.05, 0) is 53.3 Å². The fourth-order valence-electron chi connectivity index (χ4n) is 1.79. The van der Waals surface area contributed by atoms with Gasteiger partial charge in [0, 0.05) is 5.56 Å². The first-order valence-electron chi connectivity index (χ1n) is 6.34. The van der Waals surface area contributed by atoms with E-state index in [1.165, 1.54) is 0 Å². The highest BCUT2D eigenvalue weighted by atomic mass is 127. The first-order chi connectivity index (χ1) is 10.1. The van der Waals surface area contributed by atoms with Gasteiger partial charge in [-0.3, -0.25) is 4.79 Å². The quantitative estimate of drug-likeness (QED) is 0.491. The van der Waals surface area contributed by atoms with Gasteiger partial charge >= 0.3 is 0 Å². The molecule has 2 aromatic rings. The van der Waals surface area contributed by atoms with Gasteiger partial charge in [-0.25, -0.2) is 5.43 Å². The van der Waals surface area contributed by atoms with Crippen molar-refractivity contribution < 1.29 is 9.53 Å². The summed E-state index contributed by atoms with van der Waals surface area (Å²) in [4.78, 5) is 12.0. The number of nitrogens with zero attached hydrogens (tertiary/aromatic N) is 1. The van der Waals surface area contributed by atoms with Gasteiger partial charge in [-0.15, -0.1) is 0 Å². The molecule has 5 heteroatoms. The van der Waals surface area contributed by atoms with Gasteiger partial charge in [0.05, 0.1) is 16.9 Å². The van der Waals surface area contributed by atoms with Gasteiger partial charge in [0.15, 0.2) is 0 Å². The van der Waals surface area contributed by atoms with Gasteiger partial charge in [0.1, 0.15) is 5.75 Å². The highest BCUT2D eigenvalue weighted by Crippen LogP contribution is 2.21. The number of hydrogen-bond donors (Lipinski definition) is 1. The smallest absolute Gasteiger partial charge is 0.271 e. The Bertz CT molecular complexity index is 684. The first kappa shape index (κ1) is 15.5. The van der Waals surface area contributed by atoms with Crippen molar-refractivity contribution in [2.75, 3.05) is 7.11 Å². The van der Waals surface area contributed by atoms with Crippen LogP contribution in [0.2, 0.25) is 0 Å². The number of ether oxygens (including phenoxy) is 1. The van der Waals surface area contributed by atoms with Crippen LogP contribution in [0.4, 0.5) is 0 Å². The molecule has 0 unspecified atom stereocenters. The minimum atomic E-state index is -0.250. The standard InChI is InChI=1S/C16H15IN2O2/c1-11-4-3-5-12(8-11)10-18-19-16(20)13-6-7-15(21-2)14(17)9-13/h3-10H,1-2H3,(H,19,20)/b18-10-. The molecule has 0 saturated heterocycles. The Labute approximate surface area is 137 Å². The van der Waals surface area contributed by atoms with Crippen LogP contribution < -0.4 is 10.2 Å². The second kappa shape index (κ2) is 7.21. The molecule has 0 fully saturated rings. The summed E-state index contributed by atoms with van der Waals surface area (Å²) in [6, 6.07) is 13.1. The van der Waals surface area contributed by atoms with E-state index in [1.54, 1.807) is 31.5 Å². The Balaban J connectivity index is 2.03. The molecule has 0 saturated carbocycles. The number of hydrazone groups is 1. The number of hydrogen-bond acceptors (Lipinski definition) is 3. The predicted octanol–water partition coefficient (Wildman–Crippen LogP) is 3.37. The van der Waals surface area contributed by atoms with E-state index in [4.69, 9.17) is 4.74 Å². The van der Waals surface area contributed by atoms with Crippen LogP contribution in [0.1, 0.15) is 21.5 Å². The van der Waals surface area contributed by atoms with Gasteiger partial charge in [-0.2, -0.15) is 5.10 Å². The van der Waals surface area contributed by atoms with E-state index in [0.29, 0.717) is 5.56 Å². The number of rotatable bonds is 4. The molecule has 0 radical (unpaired) electrons. The molecule has 0 bridgehead atoms. The molecule has 0 spiro atoms. The van der Waals surface area contributed by atoms with Crippen molar-refractivity contribution in [3.05, 3.63) is 62.7 Å². The summed E-state index contributed by atoms with van der Waals surface area (Å²) in [6.07, 6.45) is 1.62. The van der Waals surface area contributed by atoms with Gasteiger partial charge in [-0.1, -0.05) is 29.8 Å². The summed E-state index contributed by atoms with van der Waals surface area (Å²) < 4.78 is 6.04. The van der Waals surface area contributed by atoms with Crippen molar-refractivity contribution in [1.82, 2.24) is 5.43 Å². The average molecular weight is 394 g/mol. The Morgan fingerprint density at radius 1 is 1.29 bits per heavy atom. The second-order valence-electron chi connectivity index (χ2n) is 4.46. The molecule has 108 valence electrons. The van der Waals surface area contributed by atoms with Crippen molar-refractivity contribution in [3.8, 4) is 5.75 Å². The zero-order valence-electron chi connectivity index (χ0n) is 11.8. The molecule has 1 amide bonds. The third-order valence-electron chi connectivity index (χ3n) is 2.84. The summed E-state index contributed by atoms with van der Waals surface area (Å²) in [5, 5.41) is 3.97. The maximum Gasteiger partial charge on any atom is 0.271 e. The third-order valence-corrected chi connectivity index (χ3v) is 3.68. The molecule has 0 heterocycles. The lowest BCUT2D eigenvalue weighted by Crippen LogP contribution is -2.17. The van der Waals surface area contributed by atoms with Crippen molar-refractivity contribution >= 4 is 34.7 Å². The number of halogens is 1. The average Bonchev–Trinajstić information content (AvgIpc) is 2.47. The summed E-state index contributed by atoms with van der Waals surface area (Å²) in [6.45, 7) is 2.01. The van der Waals surface area contributed by atoms with E-state index in [0.717, 1.165) is 20.4 Å². The van der Waals surface area contributed by atoms with Crippen LogP contribution in [-0.2, 0) is 0 Å². The van der Waals surface area contributed by atoms with Crippen molar-refractivity contribution in [3.63, 3.8) is 0 Å². The minimum Gasteiger partial charge on any atom is -0.496 e. The van der Waals surface area contributed by atoms with Crippen molar-refractivity contribution in [2.45, 2.75) is 6.92 Å². The highest BCUT2D eigenvalue weighted by Gasteiger charge is 2.07. The Morgan fingerprint density at radius 2 is 2.10 bits per heavy atom. The number of methoxy groups -OCH3 is 1. The lowest BCUT2D eigenvalue weighted by Gasteiger charge is -2.05. The zero-order chi connectivity index (χ0) is 15.2. The summed E-state index contributed by atoms with van der Waals surface area (Å²) in [7, 11) is 1.60. The van der Waals surface area contributed by atoms with Gasteiger partial charge < -0.3 is 4.74 Å². The molecule has 1 N–H and O–H groups in total. The maximum absolute atomic E-state index is 12.0. The van der Waals surface area contributed by atoms with E-state index in [-0.39, 0.29) is 5.91 Å². The third kappa shape index (κ3) is 4.29. The van der Waals surface area contributed by atoms with E-state index in [9.17, 15) is 4.79 Å². The number of amides is 1. The largest absolute Gasteiger partial charge is 0.496 e. The SMILES string of the molecule is COc1ccc(C(=O)N/N=C\c2cccc(C)c2)cc1I. The van der Waals surface area contributed by atoms with Crippen LogP contribution in [0.3, 0.4) is 0 Å². The van der Waals surface area contributed by atoms with E-state index in [2.05, 4.69) is 33.1 Å². The number of benzene rings is 2. The van der Waals surface area contributed by atoms with E-state index in [1.807, 2.05) is 31.2 Å². The molecular formula is C16H15IN2O2. The van der Waals surface area contributed by atoms with Crippen LogP contribution in [-0.4, -0.2) is 19.2 Å². The van der Waals surface area contributed by atoms with E-state index >= 15 is 0 Å². The fourth-order valence-corrected chi connectivity index (χ4v) is 2.52. The molecule has 0 aliphatic heterocycles. The van der Waals surface area contributed by atoms with Crippen LogP contribution in [0.5, 0.6) is 5.75 Å². The molecule has 0 aromatic heterocycles. The number of nitrogens with one attached hydrogen (secondary N) is 1. The Morgan fingerprint density at radius 3 is 2.76 bits per heavy atom. The van der Waals surface area contributed by atoms with Gasteiger partial charge in [0.2, 0.25) is 0 Å². The molecule has 0 aliphatic carbocycles. The summed E-state index contributed by atoms with van der Waals surface area (Å²) in [5.41, 5.74) is 5.15. The number of carbonyl (C=O) groups is 1. The van der Waals surface area contributed by atoms with Crippen LogP contribution in [0.15, 0.2) is 47.6 Å². The topological polar surface area (TPSA) is 50.7 Å². The molecule has 4 nitrogen and oxygen atoms in total. The van der Waals surface area contributed by atoms with Crippen LogP contribution in [0, 0.1) is 10.5 Å². The lowest BCUT2D eigenvalue weighted by molar-refractivity contribution is 0.0955. The molecule has 0 atom stereocenters. The molecule has 2 rings (SSSR count). The number of aryl methyl sites for hydroxylation is 1. The minimum absolute atomic E-state index is 0.250. The molecular weight excluding hydrogens is 379 g/mol. The highest BCUT2D eigenvalue weighted by molar-refractivity contribution is 14.1. The van der Waals surface area contributed by atoms with Crippen LogP contribution in [0.25, 0.3) is 0 Å². The fraction of sp³-hybridized carbons (Fsp3) is 0.125. The predicted molar refractivity (Wildman–Crippen MR) is 92.0 cm³/mol. The van der Waals surface area contributed by atoms with E-state index < -0.39 is 0 Å². The summed E-state index contributed by atoms with van der Waals surface area (Å²) >= 11 is 2.13. The normalized spacial score (nSPS) is 10.6. The van der Waals surface area contributed by atoms with Crippen molar-refractivity contribution in [1.29, 1.82) is 0 Å². The lowest BCUT2D eigenvalue weighted by atomic mass is 10.2. The first-order valence-corrected chi connectivity index (χ1v) is 7.41.